The van der Waals surface area contributed by atoms with Crippen LogP contribution in [-0.4, -0.2) is 25.3 Å². The van der Waals surface area contributed by atoms with Crippen LogP contribution in [0.3, 0.4) is 0 Å². The number of ether oxygens (including phenoxy) is 2. The highest BCUT2D eigenvalue weighted by atomic mass is 16.5. The molecule has 0 heterocycles. The summed E-state index contributed by atoms with van der Waals surface area (Å²) in [6.07, 6.45) is 0.577. The number of carboxylic acids is 1. The number of hydrogen-bond acceptors (Lipinski definition) is 3. The third-order valence-electron chi connectivity index (χ3n) is 2.81. The third-order valence-corrected chi connectivity index (χ3v) is 2.81. The van der Waals surface area contributed by atoms with Gasteiger partial charge in [0.25, 0.3) is 0 Å². The lowest BCUT2D eigenvalue weighted by Crippen LogP contribution is -2.02. The van der Waals surface area contributed by atoms with Crippen molar-refractivity contribution in [3.63, 3.8) is 0 Å². The van der Waals surface area contributed by atoms with Gasteiger partial charge in [0.15, 0.2) is 0 Å². The minimum absolute atomic E-state index is 0.104. The largest absolute Gasteiger partial charge is 0.496 e. The first-order chi connectivity index (χ1) is 8.49. The smallest absolute Gasteiger partial charge is 0.303 e. The Balaban J connectivity index is 3.13. The first-order valence-corrected chi connectivity index (χ1v) is 5.96. The molecule has 0 bridgehead atoms. The second kappa shape index (κ2) is 6.28. The van der Waals surface area contributed by atoms with Gasteiger partial charge in [-0.15, -0.1) is 0 Å². The van der Waals surface area contributed by atoms with E-state index in [1.54, 1.807) is 14.2 Å². The summed E-state index contributed by atoms with van der Waals surface area (Å²) in [5.41, 5.74) is 1.93. The van der Waals surface area contributed by atoms with Crippen LogP contribution in [0.4, 0.5) is 0 Å². The van der Waals surface area contributed by atoms with Crippen molar-refractivity contribution in [2.75, 3.05) is 14.2 Å². The molecule has 0 aliphatic heterocycles. The van der Waals surface area contributed by atoms with Crippen LogP contribution in [0.1, 0.15) is 37.3 Å². The zero-order valence-electron chi connectivity index (χ0n) is 11.3. The summed E-state index contributed by atoms with van der Waals surface area (Å²) < 4.78 is 10.7. The molecule has 0 aromatic heterocycles. The van der Waals surface area contributed by atoms with E-state index in [1.165, 1.54) is 0 Å². The first-order valence-electron chi connectivity index (χ1n) is 5.96. The molecule has 0 saturated carbocycles. The fraction of sp³-hybridized carbons (Fsp3) is 0.500. The van der Waals surface area contributed by atoms with Crippen molar-refractivity contribution in [2.24, 2.45) is 0 Å². The average molecular weight is 252 g/mol. The van der Waals surface area contributed by atoms with Crippen molar-refractivity contribution < 1.29 is 19.4 Å². The SMILES string of the molecule is COc1cc(CCC(=O)O)cc(OC)c1C(C)C. The predicted octanol–water partition coefficient (Wildman–Crippen LogP) is 2.84. The summed E-state index contributed by atoms with van der Waals surface area (Å²) >= 11 is 0. The van der Waals surface area contributed by atoms with E-state index in [2.05, 4.69) is 13.8 Å². The van der Waals surface area contributed by atoms with Crippen molar-refractivity contribution >= 4 is 5.97 Å². The van der Waals surface area contributed by atoms with Crippen LogP contribution < -0.4 is 9.47 Å². The van der Waals surface area contributed by atoms with E-state index in [1.807, 2.05) is 12.1 Å². The molecule has 0 unspecified atom stereocenters. The highest BCUT2D eigenvalue weighted by Gasteiger charge is 2.15. The molecule has 0 aliphatic carbocycles. The number of benzene rings is 1. The van der Waals surface area contributed by atoms with Gasteiger partial charge in [-0.2, -0.15) is 0 Å². The van der Waals surface area contributed by atoms with Crippen LogP contribution >= 0.6 is 0 Å². The van der Waals surface area contributed by atoms with Crippen LogP contribution in [0.25, 0.3) is 0 Å². The lowest BCUT2D eigenvalue weighted by Gasteiger charge is -2.17. The van der Waals surface area contributed by atoms with E-state index in [-0.39, 0.29) is 12.3 Å². The maximum Gasteiger partial charge on any atom is 0.303 e. The first kappa shape index (κ1) is 14.4. The maximum absolute atomic E-state index is 10.6. The molecule has 1 N–H and O–H groups in total. The molecule has 4 nitrogen and oxygen atoms in total. The highest BCUT2D eigenvalue weighted by molar-refractivity contribution is 5.67. The number of aliphatic carboxylic acids is 1. The molecule has 1 aromatic rings. The zero-order valence-corrected chi connectivity index (χ0v) is 11.3. The molecular weight excluding hydrogens is 232 g/mol. The second-order valence-electron chi connectivity index (χ2n) is 4.46. The molecule has 1 rings (SSSR count). The summed E-state index contributed by atoms with van der Waals surface area (Å²) in [6.45, 7) is 4.13. The van der Waals surface area contributed by atoms with Gasteiger partial charge in [0, 0.05) is 12.0 Å². The summed E-state index contributed by atoms with van der Waals surface area (Å²) in [7, 11) is 3.23. The molecule has 0 spiro atoms. The van der Waals surface area contributed by atoms with Gasteiger partial charge in [0.05, 0.1) is 14.2 Å². The fourth-order valence-corrected chi connectivity index (χ4v) is 1.96. The van der Waals surface area contributed by atoms with Crippen molar-refractivity contribution in [3.05, 3.63) is 23.3 Å². The normalized spacial score (nSPS) is 10.5. The van der Waals surface area contributed by atoms with Crippen molar-refractivity contribution in [2.45, 2.75) is 32.6 Å². The number of rotatable bonds is 6. The lowest BCUT2D eigenvalue weighted by molar-refractivity contribution is -0.136. The molecule has 4 heteroatoms. The minimum atomic E-state index is -0.805. The van der Waals surface area contributed by atoms with Gasteiger partial charge >= 0.3 is 5.97 Å². The van der Waals surface area contributed by atoms with E-state index in [0.29, 0.717) is 6.42 Å². The zero-order chi connectivity index (χ0) is 13.7. The second-order valence-corrected chi connectivity index (χ2v) is 4.46. The minimum Gasteiger partial charge on any atom is -0.496 e. The van der Waals surface area contributed by atoms with E-state index in [9.17, 15) is 4.79 Å². The Kier molecular flexibility index (Phi) is 5.01. The van der Waals surface area contributed by atoms with E-state index in [4.69, 9.17) is 14.6 Å². The molecule has 100 valence electrons. The van der Waals surface area contributed by atoms with E-state index < -0.39 is 5.97 Å². The van der Waals surface area contributed by atoms with Crippen molar-refractivity contribution in [1.82, 2.24) is 0 Å². The summed E-state index contributed by atoms with van der Waals surface area (Å²) in [5.74, 6) is 0.985. The Morgan fingerprint density at radius 3 is 2.06 bits per heavy atom. The summed E-state index contributed by atoms with van der Waals surface area (Å²) in [6, 6.07) is 3.78. The number of carbonyl (C=O) groups is 1. The maximum atomic E-state index is 10.6. The number of aryl methyl sites for hydroxylation is 1. The van der Waals surface area contributed by atoms with Gasteiger partial charge in [0.1, 0.15) is 11.5 Å². The monoisotopic (exact) mass is 252 g/mol. The Morgan fingerprint density at radius 2 is 1.72 bits per heavy atom. The van der Waals surface area contributed by atoms with Gasteiger partial charge in [-0.3, -0.25) is 4.79 Å². The molecule has 0 radical (unpaired) electrons. The predicted molar refractivity (Wildman–Crippen MR) is 69.6 cm³/mol. The van der Waals surface area contributed by atoms with E-state index in [0.717, 1.165) is 22.6 Å². The number of methoxy groups -OCH3 is 2. The van der Waals surface area contributed by atoms with Crippen LogP contribution in [0.15, 0.2) is 12.1 Å². The Labute approximate surface area is 108 Å². The molecule has 0 amide bonds. The van der Waals surface area contributed by atoms with Crippen LogP contribution in [0, 0.1) is 0 Å². The fourth-order valence-electron chi connectivity index (χ4n) is 1.96. The standard InChI is InChI=1S/C14H20O4/c1-9(2)14-11(17-3)7-10(5-6-13(15)16)8-12(14)18-4/h7-9H,5-6H2,1-4H3,(H,15,16). The molecule has 0 aliphatic rings. The van der Waals surface area contributed by atoms with Gasteiger partial charge in [-0.25, -0.2) is 0 Å². The lowest BCUT2D eigenvalue weighted by atomic mass is 9.97. The van der Waals surface area contributed by atoms with Crippen LogP contribution in [0.2, 0.25) is 0 Å². The van der Waals surface area contributed by atoms with Crippen LogP contribution in [0.5, 0.6) is 11.5 Å². The number of carboxylic acid groups (broad SMARTS) is 1. The summed E-state index contributed by atoms with van der Waals surface area (Å²) in [5, 5.41) is 8.71. The Bertz CT molecular complexity index is 399. The van der Waals surface area contributed by atoms with Gasteiger partial charge in [0.2, 0.25) is 0 Å². The Hall–Kier alpha value is -1.71. The van der Waals surface area contributed by atoms with Gasteiger partial charge in [-0.05, 0) is 30.0 Å². The molecule has 0 atom stereocenters. The quantitative estimate of drug-likeness (QED) is 0.845. The highest BCUT2D eigenvalue weighted by Crippen LogP contribution is 2.36. The molecule has 0 saturated heterocycles. The third kappa shape index (κ3) is 3.39. The topological polar surface area (TPSA) is 55.8 Å². The van der Waals surface area contributed by atoms with Crippen molar-refractivity contribution in [3.8, 4) is 11.5 Å². The molecule has 1 aromatic carbocycles. The van der Waals surface area contributed by atoms with E-state index >= 15 is 0 Å². The molecule has 0 fully saturated rings. The van der Waals surface area contributed by atoms with Crippen molar-refractivity contribution in [1.29, 1.82) is 0 Å². The summed E-state index contributed by atoms with van der Waals surface area (Å²) in [4.78, 5) is 10.6. The van der Waals surface area contributed by atoms with Gasteiger partial charge in [-0.1, -0.05) is 13.8 Å². The molecule has 18 heavy (non-hydrogen) atoms. The van der Waals surface area contributed by atoms with Gasteiger partial charge < -0.3 is 14.6 Å². The number of hydrogen-bond donors (Lipinski definition) is 1. The molecular formula is C14H20O4. The Morgan fingerprint density at radius 1 is 1.22 bits per heavy atom. The van der Waals surface area contributed by atoms with Crippen LogP contribution in [-0.2, 0) is 11.2 Å². The average Bonchev–Trinajstić information content (AvgIpc) is 2.34.